The second-order valence-corrected chi connectivity index (χ2v) is 8.29. The molecule has 1 aliphatic rings. The van der Waals surface area contributed by atoms with E-state index in [1.165, 1.54) is 4.31 Å². The number of nitrogens with one attached hydrogen (secondary N) is 1. The van der Waals surface area contributed by atoms with Gasteiger partial charge in [-0.2, -0.15) is 4.31 Å². The molecule has 1 saturated heterocycles. The van der Waals surface area contributed by atoms with E-state index in [1.54, 1.807) is 19.1 Å². The van der Waals surface area contributed by atoms with Gasteiger partial charge in [0.2, 0.25) is 15.9 Å². The van der Waals surface area contributed by atoms with Crippen molar-refractivity contribution in [2.24, 2.45) is 5.92 Å². The second-order valence-electron chi connectivity index (χ2n) is 6.38. The first-order valence-corrected chi connectivity index (χ1v) is 9.72. The van der Waals surface area contributed by atoms with E-state index in [-0.39, 0.29) is 37.9 Å². The number of sulfonamides is 1. The number of carbonyl (C=O) groups excluding carboxylic acids is 1. The van der Waals surface area contributed by atoms with Crippen LogP contribution in [-0.4, -0.2) is 49.3 Å². The molecule has 0 spiro atoms. The lowest BCUT2D eigenvalue weighted by molar-refractivity contribution is -0.137. The first-order chi connectivity index (χ1) is 11.7. The molecular weight excluding hydrogens is 344 g/mol. The fourth-order valence-electron chi connectivity index (χ4n) is 3.02. The van der Waals surface area contributed by atoms with Crippen molar-refractivity contribution in [3.8, 4) is 0 Å². The smallest absolute Gasteiger partial charge is 0.305 e. The van der Waals surface area contributed by atoms with Gasteiger partial charge in [0.25, 0.3) is 0 Å². The van der Waals surface area contributed by atoms with E-state index in [2.05, 4.69) is 5.32 Å². The fourth-order valence-corrected chi connectivity index (χ4v) is 4.70. The van der Waals surface area contributed by atoms with Crippen LogP contribution in [0.5, 0.6) is 0 Å². The van der Waals surface area contributed by atoms with Crippen LogP contribution in [-0.2, 0) is 19.6 Å². The maximum atomic E-state index is 12.8. The van der Waals surface area contributed by atoms with E-state index in [0.717, 1.165) is 5.56 Å². The van der Waals surface area contributed by atoms with Crippen LogP contribution >= 0.6 is 0 Å². The van der Waals surface area contributed by atoms with Gasteiger partial charge in [-0.1, -0.05) is 17.7 Å². The number of rotatable bonds is 6. The molecule has 1 amide bonds. The molecule has 1 aromatic rings. The summed E-state index contributed by atoms with van der Waals surface area (Å²) in [7, 11) is -3.56. The molecule has 0 radical (unpaired) electrons. The third-order valence-electron chi connectivity index (χ3n) is 4.41. The molecule has 25 heavy (non-hydrogen) atoms. The molecule has 0 saturated carbocycles. The van der Waals surface area contributed by atoms with Gasteiger partial charge in [-0.3, -0.25) is 9.59 Å². The zero-order valence-electron chi connectivity index (χ0n) is 14.5. The standard InChI is InChI=1S/C17H24N2O5S/c1-12-3-4-15(13(2)11-12)25(23,24)19-9-6-14(7-10-19)17(22)18-8-5-16(20)21/h3-4,11,14H,5-10H2,1-2H3,(H,18,22)(H,20,21). The third-order valence-corrected chi connectivity index (χ3v) is 6.47. The number of carboxylic acid groups (broad SMARTS) is 1. The number of nitrogens with zero attached hydrogens (tertiary/aromatic N) is 1. The summed E-state index contributed by atoms with van der Waals surface area (Å²) >= 11 is 0. The van der Waals surface area contributed by atoms with Gasteiger partial charge in [0, 0.05) is 25.6 Å². The van der Waals surface area contributed by atoms with Gasteiger partial charge in [0.1, 0.15) is 0 Å². The second kappa shape index (κ2) is 7.97. The van der Waals surface area contributed by atoms with Crippen molar-refractivity contribution in [2.75, 3.05) is 19.6 Å². The van der Waals surface area contributed by atoms with Crippen molar-refractivity contribution >= 4 is 21.9 Å². The molecular formula is C17H24N2O5S. The van der Waals surface area contributed by atoms with E-state index in [9.17, 15) is 18.0 Å². The van der Waals surface area contributed by atoms with Gasteiger partial charge in [-0.05, 0) is 38.3 Å². The molecule has 1 heterocycles. The summed E-state index contributed by atoms with van der Waals surface area (Å²) in [6.45, 7) is 4.36. The molecule has 2 rings (SSSR count). The summed E-state index contributed by atoms with van der Waals surface area (Å²) in [6.07, 6.45) is 0.748. The first-order valence-electron chi connectivity index (χ1n) is 8.28. The topological polar surface area (TPSA) is 104 Å². The zero-order chi connectivity index (χ0) is 18.6. The van der Waals surface area contributed by atoms with Crippen molar-refractivity contribution in [1.29, 1.82) is 0 Å². The molecule has 1 aliphatic heterocycles. The molecule has 0 aliphatic carbocycles. The minimum absolute atomic E-state index is 0.0925. The van der Waals surface area contributed by atoms with E-state index < -0.39 is 16.0 Å². The highest BCUT2D eigenvalue weighted by Gasteiger charge is 2.32. The summed E-state index contributed by atoms with van der Waals surface area (Å²) in [4.78, 5) is 22.8. The monoisotopic (exact) mass is 368 g/mol. The SMILES string of the molecule is Cc1ccc(S(=O)(=O)N2CCC(C(=O)NCCC(=O)O)CC2)c(C)c1. The molecule has 1 aromatic carbocycles. The summed E-state index contributed by atoms with van der Waals surface area (Å²) in [5, 5.41) is 11.2. The van der Waals surface area contributed by atoms with Crippen LogP contribution in [0.4, 0.5) is 0 Å². The van der Waals surface area contributed by atoms with Crippen LogP contribution in [0, 0.1) is 19.8 Å². The number of carboxylic acids is 1. The molecule has 0 atom stereocenters. The predicted molar refractivity (Wildman–Crippen MR) is 92.7 cm³/mol. The predicted octanol–water partition coefficient (Wildman–Crippen LogP) is 1.30. The Morgan fingerprint density at radius 3 is 2.44 bits per heavy atom. The normalized spacial score (nSPS) is 16.6. The number of piperidine rings is 1. The molecule has 138 valence electrons. The number of hydrogen-bond acceptors (Lipinski definition) is 4. The lowest BCUT2D eigenvalue weighted by Crippen LogP contribution is -2.43. The number of carbonyl (C=O) groups is 2. The van der Waals surface area contributed by atoms with Crippen LogP contribution < -0.4 is 5.32 Å². The quantitative estimate of drug-likeness (QED) is 0.787. The molecule has 7 nitrogen and oxygen atoms in total. The van der Waals surface area contributed by atoms with E-state index in [1.807, 2.05) is 13.0 Å². The summed E-state index contributed by atoms with van der Waals surface area (Å²) < 4.78 is 27.0. The third kappa shape index (κ3) is 4.79. The average Bonchev–Trinajstić information content (AvgIpc) is 2.54. The van der Waals surface area contributed by atoms with Crippen molar-refractivity contribution in [2.45, 2.75) is 38.0 Å². The zero-order valence-corrected chi connectivity index (χ0v) is 15.3. The minimum atomic E-state index is -3.56. The largest absolute Gasteiger partial charge is 0.481 e. The average molecular weight is 368 g/mol. The highest BCUT2D eigenvalue weighted by molar-refractivity contribution is 7.89. The van der Waals surface area contributed by atoms with E-state index in [4.69, 9.17) is 5.11 Å². The number of benzene rings is 1. The van der Waals surface area contributed by atoms with Gasteiger partial charge in [0.15, 0.2) is 0 Å². The first kappa shape index (κ1) is 19.4. The summed E-state index contributed by atoms with van der Waals surface area (Å²) in [6, 6.07) is 5.25. The van der Waals surface area contributed by atoms with Gasteiger partial charge in [-0.25, -0.2) is 8.42 Å². The lowest BCUT2D eigenvalue weighted by Gasteiger charge is -2.31. The van der Waals surface area contributed by atoms with Crippen molar-refractivity contribution < 1.29 is 23.1 Å². The number of aliphatic carboxylic acids is 1. The maximum Gasteiger partial charge on any atom is 0.305 e. The highest BCUT2D eigenvalue weighted by Crippen LogP contribution is 2.26. The van der Waals surface area contributed by atoms with Gasteiger partial charge in [-0.15, -0.1) is 0 Å². The molecule has 1 fully saturated rings. The Kier molecular flexibility index (Phi) is 6.18. The lowest BCUT2D eigenvalue weighted by atomic mass is 9.97. The number of amides is 1. The number of aryl methyl sites for hydroxylation is 2. The van der Waals surface area contributed by atoms with Crippen LogP contribution in [0.1, 0.15) is 30.4 Å². The Hall–Kier alpha value is -1.93. The molecule has 0 unspecified atom stereocenters. The molecule has 2 N–H and O–H groups in total. The maximum absolute atomic E-state index is 12.8. The Morgan fingerprint density at radius 2 is 1.88 bits per heavy atom. The Morgan fingerprint density at radius 1 is 1.24 bits per heavy atom. The van der Waals surface area contributed by atoms with Gasteiger partial charge >= 0.3 is 5.97 Å². The Balaban J connectivity index is 1.97. The van der Waals surface area contributed by atoms with Crippen molar-refractivity contribution in [3.05, 3.63) is 29.3 Å². The van der Waals surface area contributed by atoms with Gasteiger partial charge in [0.05, 0.1) is 11.3 Å². The molecule has 0 bridgehead atoms. The van der Waals surface area contributed by atoms with Crippen molar-refractivity contribution in [3.63, 3.8) is 0 Å². The van der Waals surface area contributed by atoms with Crippen molar-refractivity contribution in [1.82, 2.24) is 9.62 Å². The van der Waals surface area contributed by atoms with Crippen LogP contribution in [0.25, 0.3) is 0 Å². The Bertz CT molecular complexity index is 752. The van der Waals surface area contributed by atoms with E-state index in [0.29, 0.717) is 23.3 Å². The number of hydrogen-bond donors (Lipinski definition) is 2. The highest BCUT2D eigenvalue weighted by atomic mass is 32.2. The van der Waals surface area contributed by atoms with Crippen LogP contribution in [0.3, 0.4) is 0 Å². The van der Waals surface area contributed by atoms with E-state index >= 15 is 0 Å². The summed E-state index contributed by atoms with van der Waals surface area (Å²) in [5.41, 5.74) is 1.72. The fraction of sp³-hybridized carbons (Fsp3) is 0.529. The minimum Gasteiger partial charge on any atom is -0.481 e. The Labute approximate surface area is 148 Å². The van der Waals surface area contributed by atoms with Crippen LogP contribution in [0.15, 0.2) is 23.1 Å². The molecule has 0 aromatic heterocycles. The van der Waals surface area contributed by atoms with Gasteiger partial charge < -0.3 is 10.4 Å². The molecule has 8 heteroatoms. The van der Waals surface area contributed by atoms with Crippen LogP contribution in [0.2, 0.25) is 0 Å². The summed E-state index contributed by atoms with van der Waals surface area (Å²) in [5.74, 6) is -1.45.